The van der Waals surface area contributed by atoms with Gasteiger partial charge in [0.25, 0.3) is 5.92 Å². The Morgan fingerprint density at radius 1 is 1.25 bits per heavy atom. The minimum atomic E-state index is -2.99. The van der Waals surface area contributed by atoms with Gasteiger partial charge in [-0.15, -0.1) is 0 Å². The van der Waals surface area contributed by atoms with E-state index >= 15 is 0 Å². The molecule has 0 heterocycles. The van der Waals surface area contributed by atoms with Crippen molar-refractivity contribution in [3.63, 3.8) is 0 Å². The lowest BCUT2D eigenvalue weighted by Crippen LogP contribution is -2.26. The normalized spacial score (nSPS) is 15.2. The fourth-order valence-corrected chi connectivity index (χ4v) is 2.97. The van der Waals surface area contributed by atoms with E-state index in [0.717, 1.165) is 30.4 Å². The standard InChI is InChI=1S/C16H20F2O2/c1-15(2,9-14(19)20)10-16(17,18)13-7-6-11-4-3-5-12(11)8-13/h6-8H,3-5,9-10H2,1-2H3,(H,19,20). The van der Waals surface area contributed by atoms with E-state index in [4.69, 9.17) is 5.11 Å². The SMILES string of the molecule is CC(C)(CC(=O)O)CC(F)(F)c1ccc2c(c1)CCC2. The highest BCUT2D eigenvalue weighted by Gasteiger charge is 2.39. The molecule has 0 aliphatic heterocycles. The summed E-state index contributed by atoms with van der Waals surface area (Å²) in [5, 5.41) is 8.80. The highest BCUT2D eigenvalue weighted by Crippen LogP contribution is 2.42. The number of aryl methyl sites for hydroxylation is 2. The minimum absolute atomic E-state index is 0.0108. The van der Waals surface area contributed by atoms with Gasteiger partial charge < -0.3 is 5.11 Å². The van der Waals surface area contributed by atoms with Crippen LogP contribution in [-0.4, -0.2) is 11.1 Å². The molecule has 0 spiro atoms. The third-order valence-corrected chi connectivity index (χ3v) is 3.85. The Morgan fingerprint density at radius 2 is 1.90 bits per heavy atom. The van der Waals surface area contributed by atoms with Crippen molar-refractivity contribution in [3.05, 3.63) is 34.9 Å². The number of hydrogen-bond acceptors (Lipinski definition) is 1. The molecule has 0 atom stereocenters. The van der Waals surface area contributed by atoms with Crippen molar-refractivity contribution in [2.75, 3.05) is 0 Å². The van der Waals surface area contributed by atoms with Gasteiger partial charge in [-0.3, -0.25) is 4.79 Å². The van der Waals surface area contributed by atoms with Gasteiger partial charge in [-0.2, -0.15) is 0 Å². The van der Waals surface area contributed by atoms with Gasteiger partial charge in [0.15, 0.2) is 0 Å². The maximum atomic E-state index is 14.4. The monoisotopic (exact) mass is 282 g/mol. The molecule has 0 bridgehead atoms. The molecule has 110 valence electrons. The van der Waals surface area contributed by atoms with Gasteiger partial charge >= 0.3 is 5.97 Å². The second-order valence-electron chi connectivity index (χ2n) is 6.45. The second kappa shape index (κ2) is 5.15. The van der Waals surface area contributed by atoms with Crippen molar-refractivity contribution in [1.29, 1.82) is 0 Å². The number of hydrogen-bond donors (Lipinski definition) is 1. The fourth-order valence-electron chi connectivity index (χ4n) is 2.97. The molecule has 0 radical (unpaired) electrons. The van der Waals surface area contributed by atoms with Crippen LogP contribution in [0.4, 0.5) is 8.78 Å². The van der Waals surface area contributed by atoms with Gasteiger partial charge in [0, 0.05) is 12.0 Å². The Morgan fingerprint density at radius 3 is 2.55 bits per heavy atom. The summed E-state index contributed by atoms with van der Waals surface area (Å²) < 4.78 is 28.8. The van der Waals surface area contributed by atoms with Crippen molar-refractivity contribution in [2.45, 2.75) is 51.9 Å². The molecule has 0 saturated carbocycles. The molecule has 0 aromatic heterocycles. The number of alkyl halides is 2. The van der Waals surface area contributed by atoms with Crippen LogP contribution in [0, 0.1) is 5.41 Å². The van der Waals surface area contributed by atoms with Gasteiger partial charge in [0.05, 0.1) is 6.42 Å². The van der Waals surface area contributed by atoms with Crippen molar-refractivity contribution < 1.29 is 18.7 Å². The first-order chi connectivity index (χ1) is 9.20. The van der Waals surface area contributed by atoms with Crippen LogP contribution in [0.3, 0.4) is 0 Å². The molecule has 2 rings (SSSR count). The van der Waals surface area contributed by atoms with E-state index in [-0.39, 0.29) is 12.0 Å². The van der Waals surface area contributed by atoms with E-state index in [1.54, 1.807) is 26.0 Å². The summed E-state index contributed by atoms with van der Waals surface area (Å²) >= 11 is 0. The first kappa shape index (κ1) is 14.9. The predicted molar refractivity (Wildman–Crippen MR) is 73.0 cm³/mol. The Labute approximate surface area is 117 Å². The quantitative estimate of drug-likeness (QED) is 0.880. The van der Waals surface area contributed by atoms with Crippen LogP contribution in [0.5, 0.6) is 0 Å². The molecule has 1 aliphatic rings. The van der Waals surface area contributed by atoms with Gasteiger partial charge in [0.1, 0.15) is 0 Å². The first-order valence-electron chi connectivity index (χ1n) is 6.92. The molecule has 20 heavy (non-hydrogen) atoms. The Hall–Kier alpha value is -1.45. The van der Waals surface area contributed by atoms with Crippen molar-refractivity contribution in [1.82, 2.24) is 0 Å². The molecule has 2 nitrogen and oxygen atoms in total. The van der Waals surface area contributed by atoms with Crippen LogP contribution in [-0.2, 0) is 23.6 Å². The fraction of sp³-hybridized carbons (Fsp3) is 0.562. The van der Waals surface area contributed by atoms with Crippen molar-refractivity contribution in [3.8, 4) is 0 Å². The number of carboxylic acid groups (broad SMARTS) is 1. The summed E-state index contributed by atoms with van der Waals surface area (Å²) in [7, 11) is 0. The third kappa shape index (κ3) is 3.35. The summed E-state index contributed by atoms with van der Waals surface area (Å²) in [5.41, 5.74) is 1.25. The zero-order chi connectivity index (χ0) is 15.0. The molecule has 0 fully saturated rings. The lowest BCUT2D eigenvalue weighted by Gasteiger charge is -2.28. The number of aliphatic carboxylic acids is 1. The summed E-state index contributed by atoms with van der Waals surface area (Å²) in [6.07, 6.45) is 2.14. The van der Waals surface area contributed by atoms with Gasteiger partial charge in [-0.05, 0) is 41.9 Å². The third-order valence-electron chi connectivity index (χ3n) is 3.85. The van der Waals surface area contributed by atoms with E-state index in [1.165, 1.54) is 6.07 Å². The van der Waals surface area contributed by atoms with E-state index in [2.05, 4.69) is 0 Å². The number of benzene rings is 1. The molecule has 0 saturated heterocycles. The highest BCUT2D eigenvalue weighted by atomic mass is 19.3. The lowest BCUT2D eigenvalue weighted by molar-refractivity contribution is -0.140. The number of carboxylic acids is 1. The minimum Gasteiger partial charge on any atom is -0.481 e. The zero-order valence-electron chi connectivity index (χ0n) is 11.9. The maximum absolute atomic E-state index is 14.4. The van der Waals surface area contributed by atoms with Crippen molar-refractivity contribution in [2.24, 2.45) is 5.41 Å². The van der Waals surface area contributed by atoms with Crippen LogP contribution in [0.25, 0.3) is 0 Å². The van der Waals surface area contributed by atoms with Gasteiger partial charge in [-0.1, -0.05) is 26.0 Å². The zero-order valence-corrected chi connectivity index (χ0v) is 11.9. The van der Waals surface area contributed by atoms with E-state index in [9.17, 15) is 13.6 Å². The number of halogens is 2. The van der Waals surface area contributed by atoms with Gasteiger partial charge in [0.2, 0.25) is 0 Å². The van der Waals surface area contributed by atoms with E-state index in [0.29, 0.717) is 0 Å². The summed E-state index contributed by atoms with van der Waals surface area (Å²) in [5.74, 6) is -4.03. The molecular formula is C16H20F2O2. The highest BCUT2D eigenvalue weighted by molar-refractivity contribution is 5.67. The van der Waals surface area contributed by atoms with Crippen LogP contribution in [0.1, 0.15) is 49.8 Å². The molecule has 0 unspecified atom stereocenters. The Bertz CT molecular complexity index is 521. The first-order valence-corrected chi connectivity index (χ1v) is 6.92. The number of carbonyl (C=O) groups is 1. The molecule has 1 N–H and O–H groups in total. The summed E-state index contributed by atoms with van der Waals surface area (Å²) in [4.78, 5) is 10.7. The van der Waals surface area contributed by atoms with Crippen LogP contribution in [0.2, 0.25) is 0 Å². The number of fused-ring (bicyclic) bond motifs is 1. The van der Waals surface area contributed by atoms with E-state index < -0.39 is 23.7 Å². The summed E-state index contributed by atoms with van der Waals surface area (Å²) in [6, 6.07) is 4.87. The lowest BCUT2D eigenvalue weighted by atomic mass is 9.81. The molecule has 1 aliphatic carbocycles. The second-order valence-corrected chi connectivity index (χ2v) is 6.45. The van der Waals surface area contributed by atoms with Crippen LogP contribution >= 0.6 is 0 Å². The van der Waals surface area contributed by atoms with Crippen LogP contribution < -0.4 is 0 Å². The summed E-state index contributed by atoms with van der Waals surface area (Å²) in [6.45, 7) is 3.14. The molecule has 4 heteroatoms. The topological polar surface area (TPSA) is 37.3 Å². The Balaban J connectivity index is 2.19. The van der Waals surface area contributed by atoms with Crippen LogP contribution in [0.15, 0.2) is 18.2 Å². The van der Waals surface area contributed by atoms with Crippen molar-refractivity contribution >= 4 is 5.97 Å². The van der Waals surface area contributed by atoms with Gasteiger partial charge in [-0.25, -0.2) is 8.78 Å². The average molecular weight is 282 g/mol. The predicted octanol–water partition coefficient (Wildman–Crippen LogP) is 4.16. The molecular weight excluding hydrogens is 262 g/mol. The smallest absolute Gasteiger partial charge is 0.303 e. The Kier molecular flexibility index (Phi) is 3.85. The molecule has 1 aromatic rings. The average Bonchev–Trinajstić information content (AvgIpc) is 2.71. The molecule has 0 amide bonds. The molecule has 1 aromatic carbocycles. The van der Waals surface area contributed by atoms with E-state index in [1.807, 2.05) is 0 Å². The number of rotatable bonds is 5. The maximum Gasteiger partial charge on any atom is 0.303 e. The largest absolute Gasteiger partial charge is 0.481 e.